The fourth-order valence-electron chi connectivity index (χ4n) is 2.07. The third-order valence-corrected chi connectivity index (χ3v) is 3.22. The molecule has 1 rings (SSSR count). The molecule has 106 valence electrons. The summed E-state index contributed by atoms with van der Waals surface area (Å²) >= 11 is 0. The van der Waals surface area contributed by atoms with E-state index in [1.807, 2.05) is 0 Å². The van der Waals surface area contributed by atoms with Gasteiger partial charge in [-0.2, -0.15) is 0 Å². The van der Waals surface area contributed by atoms with Crippen LogP contribution < -0.4 is 5.32 Å². The second-order valence-corrected chi connectivity index (χ2v) is 5.09. The van der Waals surface area contributed by atoms with Crippen molar-refractivity contribution in [3.63, 3.8) is 0 Å². The van der Waals surface area contributed by atoms with Gasteiger partial charge in [0.05, 0.1) is 6.61 Å². The van der Waals surface area contributed by atoms with Crippen LogP contribution in [0.15, 0.2) is 0 Å². The monoisotopic (exact) mass is 263 g/mol. The maximum Gasteiger partial charge on any atom is 0.321 e. The third kappa shape index (κ3) is 2.81. The van der Waals surface area contributed by atoms with Gasteiger partial charge in [0.2, 0.25) is 0 Å². The van der Waals surface area contributed by atoms with Crippen molar-refractivity contribution in [3.8, 4) is 0 Å². The Morgan fingerprint density at radius 2 is 2.00 bits per heavy atom. The number of rotatable bonds is 5. The van der Waals surface area contributed by atoms with Crippen molar-refractivity contribution in [2.75, 3.05) is 6.61 Å². The molecule has 1 heterocycles. The zero-order valence-corrected chi connectivity index (χ0v) is 10.7. The molecule has 0 bridgehead atoms. The third-order valence-electron chi connectivity index (χ3n) is 3.22. The number of ether oxygens (including phenoxy) is 1. The van der Waals surface area contributed by atoms with Crippen LogP contribution in [-0.4, -0.2) is 63.1 Å². The van der Waals surface area contributed by atoms with Crippen molar-refractivity contribution >= 4 is 5.97 Å². The smallest absolute Gasteiger partial charge is 0.321 e. The molecule has 0 aliphatic carbocycles. The van der Waals surface area contributed by atoms with Gasteiger partial charge in [0.1, 0.15) is 30.1 Å². The number of aliphatic hydroxyl groups excluding tert-OH is 3. The Hall–Kier alpha value is -0.730. The largest absolute Gasteiger partial charge is 0.480 e. The van der Waals surface area contributed by atoms with Gasteiger partial charge in [0.25, 0.3) is 0 Å². The van der Waals surface area contributed by atoms with Gasteiger partial charge < -0.3 is 25.2 Å². The Morgan fingerprint density at radius 1 is 1.44 bits per heavy atom. The van der Waals surface area contributed by atoms with Crippen LogP contribution in [0.25, 0.3) is 0 Å². The molecule has 0 radical (unpaired) electrons. The van der Waals surface area contributed by atoms with E-state index in [2.05, 4.69) is 5.32 Å². The van der Waals surface area contributed by atoms with Gasteiger partial charge in [-0.1, -0.05) is 13.8 Å². The van der Waals surface area contributed by atoms with Gasteiger partial charge in [0, 0.05) is 0 Å². The summed E-state index contributed by atoms with van der Waals surface area (Å²) in [6.45, 7) is 4.44. The minimum Gasteiger partial charge on any atom is -0.480 e. The average molecular weight is 263 g/mol. The molecule has 0 saturated carbocycles. The summed E-state index contributed by atoms with van der Waals surface area (Å²) in [6, 6.07) is -0.922. The van der Waals surface area contributed by atoms with Crippen LogP contribution in [0.5, 0.6) is 0 Å². The second kappa shape index (κ2) is 5.50. The van der Waals surface area contributed by atoms with E-state index in [1.165, 1.54) is 6.92 Å². The predicted octanol–water partition coefficient (Wildman–Crippen LogP) is -1.49. The molecular formula is C11H21NO6. The Kier molecular flexibility index (Phi) is 4.68. The Balaban J connectivity index is 2.84. The fraction of sp³-hybridized carbons (Fsp3) is 0.909. The summed E-state index contributed by atoms with van der Waals surface area (Å²) in [7, 11) is 0. The highest BCUT2D eigenvalue weighted by Crippen LogP contribution is 2.29. The van der Waals surface area contributed by atoms with Crippen LogP contribution in [-0.2, 0) is 9.53 Å². The zero-order valence-electron chi connectivity index (χ0n) is 10.7. The zero-order chi connectivity index (χ0) is 14.1. The average Bonchev–Trinajstić information content (AvgIpc) is 2.50. The molecule has 0 aromatic rings. The number of carboxylic acids is 1. The van der Waals surface area contributed by atoms with E-state index in [4.69, 9.17) is 14.9 Å². The first-order chi connectivity index (χ1) is 8.23. The molecule has 1 aliphatic rings. The molecule has 18 heavy (non-hydrogen) atoms. The van der Waals surface area contributed by atoms with Gasteiger partial charge in [0.15, 0.2) is 0 Å². The number of nitrogens with one attached hydrogen (secondary N) is 1. The number of aliphatic hydroxyl groups is 3. The van der Waals surface area contributed by atoms with E-state index in [9.17, 15) is 15.0 Å². The number of aliphatic carboxylic acids is 1. The van der Waals surface area contributed by atoms with Crippen molar-refractivity contribution in [3.05, 3.63) is 0 Å². The quantitative estimate of drug-likeness (QED) is 0.410. The second-order valence-electron chi connectivity index (χ2n) is 5.09. The highest BCUT2D eigenvalue weighted by Gasteiger charge is 2.52. The van der Waals surface area contributed by atoms with E-state index in [0.717, 1.165) is 0 Å². The van der Waals surface area contributed by atoms with Crippen molar-refractivity contribution < 1.29 is 30.0 Å². The molecular weight excluding hydrogens is 242 g/mol. The van der Waals surface area contributed by atoms with E-state index in [1.54, 1.807) is 13.8 Å². The number of carbonyl (C=O) groups is 1. The van der Waals surface area contributed by atoms with E-state index < -0.39 is 42.7 Å². The fourth-order valence-corrected chi connectivity index (χ4v) is 2.07. The first-order valence-corrected chi connectivity index (χ1v) is 5.88. The molecule has 7 heteroatoms. The first-order valence-electron chi connectivity index (χ1n) is 5.88. The maximum absolute atomic E-state index is 11.1. The summed E-state index contributed by atoms with van der Waals surface area (Å²) in [5, 5.41) is 40.3. The highest BCUT2D eigenvalue weighted by atomic mass is 16.6. The number of carboxylic acid groups (broad SMARTS) is 1. The molecule has 1 aliphatic heterocycles. The van der Waals surface area contributed by atoms with Crippen LogP contribution in [0.1, 0.15) is 20.8 Å². The minimum absolute atomic E-state index is 0.222. The normalized spacial score (nSPS) is 38.1. The van der Waals surface area contributed by atoms with Crippen LogP contribution in [0.3, 0.4) is 0 Å². The highest BCUT2D eigenvalue weighted by molar-refractivity contribution is 5.73. The Morgan fingerprint density at radius 3 is 2.33 bits per heavy atom. The minimum atomic E-state index is -1.40. The molecule has 7 nitrogen and oxygen atoms in total. The lowest BCUT2D eigenvalue weighted by atomic mass is 9.99. The van der Waals surface area contributed by atoms with Crippen molar-refractivity contribution in [1.29, 1.82) is 0 Å². The summed E-state index contributed by atoms with van der Waals surface area (Å²) in [4.78, 5) is 11.1. The van der Waals surface area contributed by atoms with E-state index in [0.29, 0.717) is 0 Å². The molecule has 5 N–H and O–H groups in total. The molecule has 0 spiro atoms. The standard InChI is InChI=1S/C11H21NO6/c1-5(2)7(10(16)17)12-11(3)9(15)8(14)6(4-13)18-11/h5-9,12-15H,4H2,1-3H3,(H,16,17)/t6-,7+,8-,9+,11?/m1/s1. The first kappa shape index (κ1) is 15.3. The molecule has 1 unspecified atom stereocenters. The summed E-state index contributed by atoms with van der Waals surface area (Å²) in [5.41, 5.74) is -1.40. The lowest BCUT2D eigenvalue weighted by Crippen LogP contribution is -2.59. The molecule has 1 saturated heterocycles. The van der Waals surface area contributed by atoms with Crippen molar-refractivity contribution in [1.82, 2.24) is 5.32 Å². The summed E-state index contributed by atoms with van der Waals surface area (Å²) in [6.07, 6.45) is -3.50. The number of hydrogen-bond donors (Lipinski definition) is 5. The van der Waals surface area contributed by atoms with Gasteiger partial charge in [-0.15, -0.1) is 0 Å². The van der Waals surface area contributed by atoms with Gasteiger partial charge in [-0.25, -0.2) is 0 Å². The van der Waals surface area contributed by atoms with Gasteiger partial charge >= 0.3 is 5.97 Å². The Bertz CT molecular complexity index is 310. The summed E-state index contributed by atoms with van der Waals surface area (Å²) < 4.78 is 5.33. The van der Waals surface area contributed by atoms with Crippen LogP contribution in [0.4, 0.5) is 0 Å². The number of hydrogen-bond acceptors (Lipinski definition) is 6. The lowest BCUT2D eigenvalue weighted by Gasteiger charge is -2.33. The molecule has 0 aromatic heterocycles. The van der Waals surface area contributed by atoms with Crippen LogP contribution in [0, 0.1) is 5.92 Å². The predicted molar refractivity (Wildman–Crippen MR) is 61.8 cm³/mol. The van der Waals surface area contributed by atoms with Crippen molar-refractivity contribution in [2.45, 2.75) is 50.8 Å². The van der Waals surface area contributed by atoms with Gasteiger partial charge in [-0.05, 0) is 12.8 Å². The topological polar surface area (TPSA) is 119 Å². The molecule has 0 aromatic carbocycles. The summed E-state index contributed by atoms with van der Waals surface area (Å²) in [5.74, 6) is -1.29. The van der Waals surface area contributed by atoms with Crippen LogP contribution >= 0.6 is 0 Å². The molecule has 1 fully saturated rings. The van der Waals surface area contributed by atoms with E-state index in [-0.39, 0.29) is 5.92 Å². The van der Waals surface area contributed by atoms with Crippen molar-refractivity contribution in [2.24, 2.45) is 5.92 Å². The van der Waals surface area contributed by atoms with E-state index >= 15 is 0 Å². The van der Waals surface area contributed by atoms with Gasteiger partial charge in [-0.3, -0.25) is 10.1 Å². The Labute approximate surface area is 105 Å². The maximum atomic E-state index is 11.1. The molecule has 5 atom stereocenters. The molecule has 0 amide bonds. The SMILES string of the molecule is CC(C)[C@H](NC1(C)O[C@H](CO)[C@@H](O)[C@@H]1O)C(=O)O. The lowest BCUT2D eigenvalue weighted by molar-refractivity contribution is -0.149. The van der Waals surface area contributed by atoms with Crippen LogP contribution in [0.2, 0.25) is 0 Å².